The van der Waals surface area contributed by atoms with E-state index >= 15 is 0 Å². The Morgan fingerprint density at radius 1 is 0.920 bits per heavy atom. The second kappa shape index (κ2) is 8.06. The maximum absolute atomic E-state index is 12.1. The maximum atomic E-state index is 12.1. The summed E-state index contributed by atoms with van der Waals surface area (Å²) in [5.41, 5.74) is 2.82. The molecule has 5 heteroatoms. The van der Waals surface area contributed by atoms with Crippen LogP contribution in [0.4, 0.5) is 0 Å². The summed E-state index contributed by atoms with van der Waals surface area (Å²) >= 11 is 0. The van der Waals surface area contributed by atoms with Gasteiger partial charge in [0.25, 0.3) is 0 Å². The van der Waals surface area contributed by atoms with Crippen LogP contribution < -0.4 is 0 Å². The Morgan fingerprint density at radius 3 is 2.12 bits per heavy atom. The molecule has 2 rings (SSSR count). The van der Waals surface area contributed by atoms with Crippen LogP contribution in [0, 0.1) is 0 Å². The standard InChI is InChI=1S/C20H18O5/c1-13(12-21)11-18-15(9-6-10-17(18)20(23)25-3)14-7-4-5-8-16(14)19(22)24-2/h4-10,12H,1,11H2,2-3H3. The second-order valence-electron chi connectivity index (χ2n) is 5.31. The molecule has 0 unspecified atom stereocenters. The molecule has 0 radical (unpaired) electrons. The SMILES string of the molecule is C=C(C=O)Cc1c(C(=O)OC)cccc1-c1ccccc1C(=O)OC. The van der Waals surface area contributed by atoms with E-state index in [1.165, 1.54) is 14.2 Å². The molecule has 0 saturated carbocycles. The van der Waals surface area contributed by atoms with Gasteiger partial charge in [-0.25, -0.2) is 9.59 Å². The highest BCUT2D eigenvalue weighted by atomic mass is 16.5. The van der Waals surface area contributed by atoms with E-state index in [2.05, 4.69) is 6.58 Å². The predicted octanol–water partition coefficient (Wildman–Crippen LogP) is 3.22. The number of carbonyl (C=O) groups excluding carboxylic acids is 3. The van der Waals surface area contributed by atoms with Crippen molar-refractivity contribution in [3.8, 4) is 11.1 Å². The zero-order valence-corrected chi connectivity index (χ0v) is 14.1. The molecular formula is C20H18O5. The molecule has 0 heterocycles. The molecule has 0 spiro atoms. The Balaban J connectivity index is 2.74. The second-order valence-corrected chi connectivity index (χ2v) is 5.31. The van der Waals surface area contributed by atoms with Crippen LogP contribution in [0.1, 0.15) is 26.3 Å². The predicted molar refractivity (Wildman–Crippen MR) is 93.5 cm³/mol. The van der Waals surface area contributed by atoms with Crippen LogP contribution in [-0.2, 0) is 20.7 Å². The third-order valence-electron chi connectivity index (χ3n) is 3.77. The quantitative estimate of drug-likeness (QED) is 0.459. The number of ether oxygens (including phenoxy) is 2. The number of rotatable bonds is 6. The lowest BCUT2D eigenvalue weighted by molar-refractivity contribution is -0.105. The van der Waals surface area contributed by atoms with Crippen LogP contribution in [-0.4, -0.2) is 32.4 Å². The lowest BCUT2D eigenvalue weighted by Gasteiger charge is -2.16. The fourth-order valence-electron chi connectivity index (χ4n) is 2.61. The van der Waals surface area contributed by atoms with Crippen molar-refractivity contribution in [1.82, 2.24) is 0 Å². The van der Waals surface area contributed by atoms with Gasteiger partial charge in [0, 0.05) is 6.42 Å². The van der Waals surface area contributed by atoms with E-state index in [4.69, 9.17) is 9.47 Å². The first-order chi connectivity index (χ1) is 12.0. The molecule has 2 aromatic rings. The normalized spacial score (nSPS) is 10.0. The first-order valence-corrected chi connectivity index (χ1v) is 7.54. The Morgan fingerprint density at radius 2 is 1.48 bits per heavy atom. The number of methoxy groups -OCH3 is 2. The van der Waals surface area contributed by atoms with Crippen molar-refractivity contribution in [2.45, 2.75) is 6.42 Å². The fraction of sp³-hybridized carbons (Fsp3) is 0.150. The van der Waals surface area contributed by atoms with E-state index in [0.717, 1.165) is 0 Å². The highest BCUT2D eigenvalue weighted by Gasteiger charge is 2.20. The minimum atomic E-state index is -0.522. The number of hydrogen-bond donors (Lipinski definition) is 0. The Bertz CT molecular complexity index is 836. The van der Waals surface area contributed by atoms with Gasteiger partial charge in [-0.2, -0.15) is 0 Å². The minimum absolute atomic E-state index is 0.166. The van der Waals surface area contributed by atoms with Crippen LogP contribution in [0.15, 0.2) is 54.6 Å². The van der Waals surface area contributed by atoms with Gasteiger partial charge in [0.2, 0.25) is 0 Å². The summed E-state index contributed by atoms with van der Waals surface area (Å²) in [7, 11) is 2.59. The highest BCUT2D eigenvalue weighted by molar-refractivity contribution is 6.00. The summed E-state index contributed by atoms with van der Waals surface area (Å²) < 4.78 is 9.67. The van der Waals surface area contributed by atoms with E-state index in [-0.39, 0.29) is 6.42 Å². The Labute approximate surface area is 145 Å². The maximum Gasteiger partial charge on any atom is 0.338 e. The van der Waals surface area contributed by atoms with Crippen LogP contribution in [0.5, 0.6) is 0 Å². The Kier molecular flexibility index (Phi) is 5.84. The lowest BCUT2D eigenvalue weighted by Crippen LogP contribution is -2.10. The molecule has 0 N–H and O–H groups in total. The molecule has 0 aliphatic carbocycles. The third-order valence-corrected chi connectivity index (χ3v) is 3.77. The van der Waals surface area contributed by atoms with E-state index in [1.54, 1.807) is 42.5 Å². The van der Waals surface area contributed by atoms with E-state index < -0.39 is 11.9 Å². The summed E-state index contributed by atoms with van der Waals surface area (Å²) in [6.45, 7) is 3.69. The molecule has 0 aromatic heterocycles. The average Bonchev–Trinajstić information content (AvgIpc) is 2.66. The number of esters is 2. The summed E-state index contributed by atoms with van der Waals surface area (Å²) in [4.78, 5) is 35.3. The van der Waals surface area contributed by atoms with Gasteiger partial charge in [0.1, 0.15) is 6.29 Å². The molecule has 0 fully saturated rings. The number of carbonyl (C=O) groups is 3. The zero-order valence-electron chi connectivity index (χ0n) is 14.1. The van der Waals surface area contributed by atoms with Crippen molar-refractivity contribution in [2.24, 2.45) is 0 Å². The zero-order chi connectivity index (χ0) is 18.4. The highest BCUT2D eigenvalue weighted by Crippen LogP contribution is 2.31. The van der Waals surface area contributed by atoms with Gasteiger partial charge in [-0.15, -0.1) is 0 Å². The molecule has 0 saturated heterocycles. The van der Waals surface area contributed by atoms with Crippen molar-refractivity contribution >= 4 is 18.2 Å². The van der Waals surface area contributed by atoms with E-state index in [1.807, 2.05) is 0 Å². The van der Waals surface area contributed by atoms with Gasteiger partial charge in [0.05, 0.1) is 25.3 Å². The first-order valence-electron chi connectivity index (χ1n) is 7.54. The van der Waals surface area contributed by atoms with Gasteiger partial charge < -0.3 is 9.47 Å². The molecule has 0 aliphatic heterocycles. The molecule has 2 aromatic carbocycles. The van der Waals surface area contributed by atoms with Gasteiger partial charge in [-0.3, -0.25) is 4.79 Å². The van der Waals surface area contributed by atoms with Crippen molar-refractivity contribution in [3.05, 3.63) is 71.3 Å². The summed E-state index contributed by atoms with van der Waals surface area (Å²) in [5, 5.41) is 0. The third kappa shape index (κ3) is 3.83. The molecule has 5 nitrogen and oxygen atoms in total. The summed E-state index contributed by atoms with van der Waals surface area (Å²) in [6, 6.07) is 12.0. The van der Waals surface area contributed by atoms with Gasteiger partial charge in [0.15, 0.2) is 0 Å². The van der Waals surface area contributed by atoms with Gasteiger partial charge >= 0.3 is 11.9 Å². The van der Waals surface area contributed by atoms with Crippen LogP contribution >= 0.6 is 0 Å². The van der Waals surface area contributed by atoms with E-state index in [0.29, 0.717) is 39.7 Å². The van der Waals surface area contributed by atoms with Crippen molar-refractivity contribution in [1.29, 1.82) is 0 Å². The van der Waals surface area contributed by atoms with Crippen LogP contribution in [0.2, 0.25) is 0 Å². The smallest absolute Gasteiger partial charge is 0.338 e. The molecular weight excluding hydrogens is 320 g/mol. The minimum Gasteiger partial charge on any atom is -0.465 e. The molecule has 0 bridgehead atoms. The molecule has 0 aliphatic rings. The average molecular weight is 338 g/mol. The number of benzene rings is 2. The van der Waals surface area contributed by atoms with E-state index in [9.17, 15) is 14.4 Å². The van der Waals surface area contributed by atoms with Crippen molar-refractivity contribution in [2.75, 3.05) is 14.2 Å². The topological polar surface area (TPSA) is 69.7 Å². The lowest BCUT2D eigenvalue weighted by atomic mass is 9.89. The van der Waals surface area contributed by atoms with Crippen LogP contribution in [0.25, 0.3) is 11.1 Å². The van der Waals surface area contributed by atoms with Gasteiger partial charge in [-0.1, -0.05) is 36.9 Å². The summed E-state index contributed by atoms with van der Waals surface area (Å²) in [6.07, 6.45) is 0.809. The van der Waals surface area contributed by atoms with Crippen molar-refractivity contribution in [3.63, 3.8) is 0 Å². The summed E-state index contributed by atoms with van der Waals surface area (Å²) in [5.74, 6) is -1.01. The molecule has 0 amide bonds. The first kappa shape index (κ1) is 18.1. The number of hydrogen-bond acceptors (Lipinski definition) is 5. The van der Waals surface area contributed by atoms with Gasteiger partial charge in [-0.05, 0) is 34.4 Å². The molecule has 25 heavy (non-hydrogen) atoms. The number of aldehydes is 1. The van der Waals surface area contributed by atoms with Crippen LogP contribution in [0.3, 0.4) is 0 Å². The molecule has 128 valence electrons. The fourth-order valence-corrected chi connectivity index (χ4v) is 2.61. The Hall–Kier alpha value is -3.21. The molecule has 0 atom stereocenters. The monoisotopic (exact) mass is 338 g/mol. The van der Waals surface area contributed by atoms with Crippen molar-refractivity contribution < 1.29 is 23.9 Å². The number of allylic oxidation sites excluding steroid dienone is 1. The largest absolute Gasteiger partial charge is 0.465 e.